The Labute approximate surface area is 153 Å². The molecule has 1 N–H and O–H groups in total. The normalized spacial score (nSPS) is 16.1. The number of nitrogens with zero attached hydrogens (tertiary/aromatic N) is 2. The van der Waals surface area contributed by atoms with E-state index in [2.05, 4.69) is 10.3 Å². The van der Waals surface area contributed by atoms with Gasteiger partial charge in [0.15, 0.2) is 0 Å². The summed E-state index contributed by atoms with van der Waals surface area (Å²) >= 11 is 0. The first-order valence-electron chi connectivity index (χ1n) is 8.95. The van der Waals surface area contributed by atoms with Crippen molar-refractivity contribution in [3.63, 3.8) is 0 Å². The fourth-order valence-electron chi connectivity index (χ4n) is 3.66. The molecular weight excluding hydrogens is 330 g/mol. The van der Waals surface area contributed by atoms with Gasteiger partial charge in [-0.15, -0.1) is 0 Å². The number of hydrogen-bond donors (Lipinski definition) is 1. The maximum absolute atomic E-state index is 13.0. The van der Waals surface area contributed by atoms with Crippen molar-refractivity contribution in [3.05, 3.63) is 36.0 Å². The molecule has 3 rings (SSSR count). The molecule has 1 fully saturated rings. The van der Waals surface area contributed by atoms with Gasteiger partial charge in [0.1, 0.15) is 11.2 Å². The van der Waals surface area contributed by atoms with Crippen molar-refractivity contribution in [2.45, 2.75) is 37.6 Å². The number of ether oxygens (including phenoxy) is 1. The smallest absolute Gasteiger partial charge is 0.331 e. The van der Waals surface area contributed by atoms with Crippen LogP contribution < -0.4 is 10.2 Å². The zero-order chi connectivity index (χ0) is 18.7. The summed E-state index contributed by atoms with van der Waals surface area (Å²) in [6.45, 7) is 0. The van der Waals surface area contributed by atoms with Gasteiger partial charge in [-0.05, 0) is 25.0 Å². The van der Waals surface area contributed by atoms with Gasteiger partial charge in [0, 0.05) is 25.2 Å². The summed E-state index contributed by atoms with van der Waals surface area (Å²) in [5.74, 6) is -0.717. The first-order valence-corrected chi connectivity index (χ1v) is 8.95. The number of fused-ring (bicyclic) bond motifs is 1. The lowest BCUT2D eigenvalue weighted by atomic mass is 9.81. The van der Waals surface area contributed by atoms with E-state index >= 15 is 0 Å². The first kappa shape index (κ1) is 18.2. The summed E-state index contributed by atoms with van der Waals surface area (Å²) in [5, 5.41) is 3.92. The number of para-hydroxylation sites is 1. The second kappa shape index (κ2) is 7.32. The van der Waals surface area contributed by atoms with Crippen LogP contribution >= 0.6 is 0 Å². The lowest BCUT2D eigenvalue weighted by Crippen LogP contribution is -2.56. The Hall–Kier alpha value is -2.63. The summed E-state index contributed by atoms with van der Waals surface area (Å²) in [6.07, 6.45) is 4.04. The Kier molecular flexibility index (Phi) is 5.11. The second-order valence-corrected chi connectivity index (χ2v) is 7.03. The van der Waals surface area contributed by atoms with E-state index in [1.54, 1.807) is 6.07 Å². The molecule has 0 unspecified atom stereocenters. The molecule has 1 aromatic heterocycles. The number of amides is 1. The third-order valence-corrected chi connectivity index (χ3v) is 5.04. The molecule has 6 nitrogen and oxygen atoms in total. The number of esters is 1. The van der Waals surface area contributed by atoms with Crippen LogP contribution in [-0.2, 0) is 9.53 Å². The molecule has 0 spiro atoms. The number of rotatable bonds is 4. The van der Waals surface area contributed by atoms with Crippen molar-refractivity contribution in [1.82, 2.24) is 10.3 Å². The van der Waals surface area contributed by atoms with Crippen LogP contribution in [0.5, 0.6) is 0 Å². The van der Waals surface area contributed by atoms with E-state index in [-0.39, 0.29) is 11.9 Å². The van der Waals surface area contributed by atoms with Crippen LogP contribution in [0.25, 0.3) is 10.9 Å². The number of aromatic nitrogens is 1. The average molecular weight is 355 g/mol. The maximum Gasteiger partial charge on any atom is 0.331 e. The number of benzene rings is 1. The minimum absolute atomic E-state index is 0.307. The van der Waals surface area contributed by atoms with Crippen LogP contribution in [0, 0.1) is 0 Å². The molecule has 26 heavy (non-hydrogen) atoms. The van der Waals surface area contributed by atoms with Crippen LogP contribution in [0.1, 0.15) is 42.6 Å². The van der Waals surface area contributed by atoms with Crippen molar-refractivity contribution >= 4 is 28.5 Å². The molecule has 1 aliphatic rings. The minimum Gasteiger partial charge on any atom is -0.467 e. The lowest BCUT2D eigenvalue weighted by Gasteiger charge is -2.35. The molecule has 1 amide bonds. The van der Waals surface area contributed by atoms with Gasteiger partial charge in [0.2, 0.25) is 0 Å². The molecular formula is C20H25N3O3. The molecule has 2 aromatic rings. The van der Waals surface area contributed by atoms with E-state index in [1.807, 2.05) is 43.3 Å². The maximum atomic E-state index is 13.0. The number of anilines is 1. The van der Waals surface area contributed by atoms with Crippen molar-refractivity contribution in [1.29, 1.82) is 0 Å². The van der Waals surface area contributed by atoms with Gasteiger partial charge in [-0.2, -0.15) is 0 Å². The summed E-state index contributed by atoms with van der Waals surface area (Å²) in [7, 11) is 5.23. The van der Waals surface area contributed by atoms with E-state index in [0.29, 0.717) is 18.5 Å². The summed E-state index contributed by atoms with van der Waals surface area (Å²) in [6, 6.07) is 9.48. The fraction of sp³-hybridized carbons (Fsp3) is 0.450. The molecule has 1 heterocycles. The molecule has 138 valence electrons. The van der Waals surface area contributed by atoms with E-state index in [1.165, 1.54) is 7.11 Å². The van der Waals surface area contributed by atoms with Gasteiger partial charge in [-0.1, -0.05) is 37.5 Å². The van der Waals surface area contributed by atoms with Gasteiger partial charge in [-0.25, -0.2) is 9.78 Å². The third-order valence-electron chi connectivity index (χ3n) is 5.04. The third kappa shape index (κ3) is 3.36. The van der Waals surface area contributed by atoms with Crippen LogP contribution in [0.15, 0.2) is 30.3 Å². The summed E-state index contributed by atoms with van der Waals surface area (Å²) in [4.78, 5) is 31.8. The van der Waals surface area contributed by atoms with E-state index in [4.69, 9.17) is 4.74 Å². The molecule has 0 aliphatic heterocycles. The zero-order valence-electron chi connectivity index (χ0n) is 15.5. The van der Waals surface area contributed by atoms with E-state index in [9.17, 15) is 9.59 Å². The topological polar surface area (TPSA) is 71.5 Å². The quantitative estimate of drug-likeness (QED) is 0.854. The minimum atomic E-state index is -0.949. The molecule has 0 radical (unpaired) electrons. The van der Waals surface area contributed by atoms with Gasteiger partial charge in [-0.3, -0.25) is 4.79 Å². The SMILES string of the molecule is COC(=O)C1(NC(=O)c2cc(N(C)C)c3ccccc3n2)CCCCC1. The summed E-state index contributed by atoms with van der Waals surface area (Å²) < 4.78 is 4.98. The number of methoxy groups -OCH3 is 1. The summed E-state index contributed by atoms with van der Waals surface area (Å²) in [5.41, 5.74) is 1.02. The number of carbonyl (C=O) groups excluding carboxylic acids is 2. The van der Waals surface area contributed by atoms with Crippen molar-refractivity contribution < 1.29 is 14.3 Å². The van der Waals surface area contributed by atoms with Crippen LogP contribution in [-0.4, -0.2) is 43.6 Å². The largest absolute Gasteiger partial charge is 0.467 e. The number of hydrogen-bond acceptors (Lipinski definition) is 5. The van der Waals surface area contributed by atoms with Gasteiger partial charge in [0.05, 0.1) is 12.6 Å². The Morgan fingerprint density at radius 1 is 1.15 bits per heavy atom. The molecule has 0 atom stereocenters. The number of carbonyl (C=O) groups is 2. The van der Waals surface area contributed by atoms with Crippen LogP contribution in [0.2, 0.25) is 0 Å². The molecule has 1 aromatic carbocycles. The predicted octanol–water partition coefficient (Wildman–Crippen LogP) is 2.91. The standard InChI is InChI=1S/C20H25N3O3/c1-23(2)17-13-16(21-15-10-6-5-9-14(15)17)18(24)22-20(19(25)26-3)11-7-4-8-12-20/h5-6,9-10,13H,4,7-8,11-12H2,1-3H3,(H,22,24). The van der Waals surface area contributed by atoms with Gasteiger partial charge < -0.3 is 15.0 Å². The van der Waals surface area contributed by atoms with Crippen molar-refractivity contribution in [2.75, 3.05) is 26.1 Å². The highest BCUT2D eigenvalue weighted by atomic mass is 16.5. The molecule has 1 aliphatic carbocycles. The van der Waals surface area contributed by atoms with E-state index in [0.717, 1.165) is 35.9 Å². The Bertz CT molecular complexity index is 826. The van der Waals surface area contributed by atoms with Gasteiger partial charge >= 0.3 is 5.97 Å². The zero-order valence-corrected chi connectivity index (χ0v) is 15.5. The van der Waals surface area contributed by atoms with Crippen molar-refractivity contribution in [2.24, 2.45) is 0 Å². The molecule has 0 saturated heterocycles. The average Bonchev–Trinajstić information content (AvgIpc) is 2.66. The Morgan fingerprint density at radius 3 is 2.50 bits per heavy atom. The molecule has 0 bridgehead atoms. The first-order chi connectivity index (χ1) is 12.5. The highest BCUT2D eigenvalue weighted by Crippen LogP contribution is 2.30. The van der Waals surface area contributed by atoms with Crippen LogP contribution in [0.4, 0.5) is 5.69 Å². The monoisotopic (exact) mass is 355 g/mol. The second-order valence-electron chi connectivity index (χ2n) is 7.03. The van der Waals surface area contributed by atoms with Crippen molar-refractivity contribution in [3.8, 4) is 0 Å². The predicted molar refractivity (Wildman–Crippen MR) is 101 cm³/mol. The Morgan fingerprint density at radius 2 is 1.85 bits per heavy atom. The molecule has 6 heteroatoms. The van der Waals surface area contributed by atoms with E-state index < -0.39 is 5.54 Å². The number of nitrogens with one attached hydrogen (secondary N) is 1. The highest BCUT2D eigenvalue weighted by molar-refractivity contribution is 6.01. The molecule has 1 saturated carbocycles. The fourth-order valence-corrected chi connectivity index (χ4v) is 3.66. The highest BCUT2D eigenvalue weighted by Gasteiger charge is 2.42. The lowest BCUT2D eigenvalue weighted by molar-refractivity contribution is -0.149. The Balaban J connectivity index is 1.97. The number of pyridine rings is 1. The van der Waals surface area contributed by atoms with Gasteiger partial charge in [0.25, 0.3) is 5.91 Å². The van der Waals surface area contributed by atoms with Crippen LogP contribution in [0.3, 0.4) is 0 Å².